The maximum absolute atomic E-state index is 5.66. The van der Waals surface area contributed by atoms with Crippen LogP contribution < -0.4 is 5.32 Å². The zero-order valence-electron chi connectivity index (χ0n) is 12.8. The Morgan fingerprint density at radius 3 is 2.86 bits per heavy atom. The average Bonchev–Trinajstić information content (AvgIpc) is 2.95. The maximum Gasteiger partial charge on any atom is 0.295 e. The Morgan fingerprint density at radius 2 is 2.05 bits per heavy atom. The third-order valence-electron chi connectivity index (χ3n) is 4.46. The summed E-state index contributed by atoms with van der Waals surface area (Å²) < 4.78 is 5.66. The molecule has 1 aromatic heterocycles. The standard InChI is InChI=1S/C17H25N3O/c1-20(14-8-3-2-4-9-14)13-7-12-18-17-19-15-10-5-6-11-16(15)21-17/h5-6,10-11,14H,2-4,7-9,12-13H2,1H3,(H,18,19). The molecule has 4 nitrogen and oxygen atoms in total. The van der Waals surface area contributed by atoms with E-state index in [2.05, 4.69) is 22.2 Å². The number of benzene rings is 1. The first-order valence-electron chi connectivity index (χ1n) is 8.12. The van der Waals surface area contributed by atoms with Crippen molar-refractivity contribution < 1.29 is 4.42 Å². The molecule has 0 atom stereocenters. The molecule has 2 aromatic rings. The minimum atomic E-state index is 0.636. The van der Waals surface area contributed by atoms with Gasteiger partial charge < -0.3 is 14.6 Å². The van der Waals surface area contributed by atoms with E-state index in [1.54, 1.807) is 0 Å². The Balaban J connectivity index is 1.41. The van der Waals surface area contributed by atoms with Crippen molar-refractivity contribution in [2.75, 3.05) is 25.5 Å². The molecule has 1 aromatic carbocycles. The first kappa shape index (κ1) is 14.4. The number of nitrogens with zero attached hydrogens (tertiary/aromatic N) is 2. The van der Waals surface area contributed by atoms with Crippen LogP contribution in [0.2, 0.25) is 0 Å². The van der Waals surface area contributed by atoms with Gasteiger partial charge >= 0.3 is 0 Å². The largest absolute Gasteiger partial charge is 0.424 e. The van der Waals surface area contributed by atoms with E-state index in [4.69, 9.17) is 4.42 Å². The summed E-state index contributed by atoms with van der Waals surface area (Å²) in [5, 5.41) is 3.29. The number of fused-ring (bicyclic) bond motifs is 1. The van der Waals surface area contributed by atoms with Crippen LogP contribution in [0.3, 0.4) is 0 Å². The quantitative estimate of drug-likeness (QED) is 0.818. The van der Waals surface area contributed by atoms with Crippen LogP contribution in [0.1, 0.15) is 38.5 Å². The molecule has 0 spiro atoms. The Morgan fingerprint density at radius 1 is 1.24 bits per heavy atom. The highest BCUT2D eigenvalue weighted by atomic mass is 16.4. The van der Waals surface area contributed by atoms with Gasteiger partial charge in [0.15, 0.2) is 5.58 Å². The van der Waals surface area contributed by atoms with Crippen LogP contribution in [0.4, 0.5) is 6.01 Å². The topological polar surface area (TPSA) is 41.3 Å². The number of aromatic nitrogens is 1. The molecule has 4 heteroatoms. The van der Waals surface area contributed by atoms with Crippen molar-refractivity contribution in [1.29, 1.82) is 0 Å². The summed E-state index contributed by atoms with van der Waals surface area (Å²) in [6.07, 6.45) is 8.08. The monoisotopic (exact) mass is 287 g/mol. The number of hydrogen-bond acceptors (Lipinski definition) is 4. The summed E-state index contributed by atoms with van der Waals surface area (Å²) in [7, 11) is 2.26. The fraction of sp³-hybridized carbons (Fsp3) is 0.588. The third-order valence-corrected chi connectivity index (χ3v) is 4.46. The van der Waals surface area contributed by atoms with Crippen molar-refractivity contribution in [3.63, 3.8) is 0 Å². The lowest BCUT2D eigenvalue weighted by Gasteiger charge is -2.31. The number of rotatable bonds is 6. The molecule has 1 N–H and O–H groups in total. The highest BCUT2D eigenvalue weighted by molar-refractivity contribution is 5.74. The van der Waals surface area contributed by atoms with E-state index in [1.807, 2.05) is 24.3 Å². The number of anilines is 1. The minimum Gasteiger partial charge on any atom is -0.424 e. The van der Waals surface area contributed by atoms with Gasteiger partial charge in [0.05, 0.1) is 0 Å². The van der Waals surface area contributed by atoms with Crippen molar-refractivity contribution in [2.24, 2.45) is 0 Å². The Kier molecular flexibility index (Phi) is 4.76. The van der Waals surface area contributed by atoms with Crippen LogP contribution >= 0.6 is 0 Å². The minimum absolute atomic E-state index is 0.636. The number of nitrogens with one attached hydrogen (secondary N) is 1. The van der Waals surface area contributed by atoms with Crippen molar-refractivity contribution in [3.05, 3.63) is 24.3 Å². The predicted molar refractivity (Wildman–Crippen MR) is 86.6 cm³/mol. The van der Waals surface area contributed by atoms with E-state index in [9.17, 15) is 0 Å². The zero-order valence-corrected chi connectivity index (χ0v) is 12.8. The zero-order chi connectivity index (χ0) is 14.5. The molecule has 0 saturated heterocycles. The Bertz CT molecular complexity index is 527. The lowest BCUT2D eigenvalue weighted by molar-refractivity contribution is 0.191. The summed E-state index contributed by atoms with van der Waals surface area (Å²) in [5.41, 5.74) is 1.76. The predicted octanol–water partition coefficient (Wildman–Crippen LogP) is 3.89. The number of oxazole rings is 1. The van der Waals surface area contributed by atoms with Gasteiger partial charge in [-0.05, 0) is 45.0 Å². The van der Waals surface area contributed by atoms with E-state index >= 15 is 0 Å². The van der Waals surface area contributed by atoms with Gasteiger partial charge in [0.25, 0.3) is 6.01 Å². The van der Waals surface area contributed by atoms with Crippen LogP contribution in [-0.4, -0.2) is 36.1 Å². The van der Waals surface area contributed by atoms with E-state index in [1.165, 1.54) is 32.1 Å². The fourth-order valence-electron chi connectivity index (χ4n) is 3.18. The van der Waals surface area contributed by atoms with E-state index in [0.717, 1.165) is 36.7 Å². The summed E-state index contributed by atoms with van der Waals surface area (Å²) >= 11 is 0. The fourth-order valence-corrected chi connectivity index (χ4v) is 3.18. The Hall–Kier alpha value is -1.55. The van der Waals surface area contributed by atoms with Crippen LogP contribution in [0.5, 0.6) is 0 Å². The molecule has 1 aliphatic rings. The number of para-hydroxylation sites is 2. The second kappa shape index (κ2) is 6.94. The van der Waals surface area contributed by atoms with Crippen molar-refractivity contribution in [1.82, 2.24) is 9.88 Å². The van der Waals surface area contributed by atoms with Crippen LogP contribution in [-0.2, 0) is 0 Å². The van der Waals surface area contributed by atoms with Gasteiger partial charge in [0.2, 0.25) is 0 Å². The van der Waals surface area contributed by atoms with Gasteiger partial charge in [-0.2, -0.15) is 4.98 Å². The normalized spacial score (nSPS) is 16.7. The van der Waals surface area contributed by atoms with Gasteiger partial charge in [-0.3, -0.25) is 0 Å². The summed E-state index contributed by atoms with van der Waals surface area (Å²) in [6.45, 7) is 2.04. The van der Waals surface area contributed by atoms with E-state index in [0.29, 0.717) is 6.01 Å². The SMILES string of the molecule is CN(CCCNc1nc2ccccc2o1)C1CCCCC1. The molecule has 0 bridgehead atoms. The van der Waals surface area contributed by atoms with Crippen molar-refractivity contribution >= 4 is 17.1 Å². The van der Waals surface area contributed by atoms with E-state index < -0.39 is 0 Å². The average molecular weight is 287 g/mol. The smallest absolute Gasteiger partial charge is 0.295 e. The molecule has 1 fully saturated rings. The Labute approximate surface area is 126 Å². The molecule has 1 heterocycles. The molecule has 1 aliphatic carbocycles. The number of hydrogen-bond donors (Lipinski definition) is 1. The molecule has 0 unspecified atom stereocenters. The van der Waals surface area contributed by atoms with Gasteiger partial charge in [-0.15, -0.1) is 0 Å². The van der Waals surface area contributed by atoms with Gasteiger partial charge in [0, 0.05) is 12.6 Å². The summed E-state index contributed by atoms with van der Waals surface area (Å²) in [4.78, 5) is 6.95. The van der Waals surface area contributed by atoms with Gasteiger partial charge in [0.1, 0.15) is 5.52 Å². The molecule has 114 valence electrons. The highest BCUT2D eigenvalue weighted by Crippen LogP contribution is 2.21. The molecular weight excluding hydrogens is 262 g/mol. The lowest BCUT2D eigenvalue weighted by Crippen LogP contribution is -2.34. The van der Waals surface area contributed by atoms with Crippen LogP contribution in [0.15, 0.2) is 28.7 Å². The highest BCUT2D eigenvalue weighted by Gasteiger charge is 2.17. The molecule has 1 saturated carbocycles. The summed E-state index contributed by atoms with van der Waals surface area (Å²) in [6, 6.07) is 9.30. The van der Waals surface area contributed by atoms with Crippen LogP contribution in [0.25, 0.3) is 11.1 Å². The summed E-state index contributed by atoms with van der Waals surface area (Å²) in [5.74, 6) is 0. The van der Waals surface area contributed by atoms with Crippen LogP contribution in [0, 0.1) is 0 Å². The lowest BCUT2D eigenvalue weighted by atomic mass is 9.94. The van der Waals surface area contributed by atoms with Crippen molar-refractivity contribution in [3.8, 4) is 0 Å². The molecule has 0 aliphatic heterocycles. The van der Waals surface area contributed by atoms with Crippen molar-refractivity contribution in [2.45, 2.75) is 44.6 Å². The first-order chi connectivity index (χ1) is 10.3. The maximum atomic E-state index is 5.66. The molecule has 21 heavy (non-hydrogen) atoms. The van der Waals surface area contributed by atoms with E-state index in [-0.39, 0.29) is 0 Å². The second-order valence-corrected chi connectivity index (χ2v) is 6.04. The second-order valence-electron chi connectivity index (χ2n) is 6.04. The molecule has 0 radical (unpaired) electrons. The molecular formula is C17H25N3O. The molecule has 0 amide bonds. The van der Waals surface area contributed by atoms with Gasteiger partial charge in [-0.1, -0.05) is 31.4 Å². The van der Waals surface area contributed by atoms with Gasteiger partial charge in [-0.25, -0.2) is 0 Å². The molecule has 3 rings (SSSR count). The third kappa shape index (κ3) is 3.76. The first-order valence-corrected chi connectivity index (χ1v) is 8.12.